The highest BCUT2D eigenvalue weighted by molar-refractivity contribution is 6.31. The van der Waals surface area contributed by atoms with Crippen LogP contribution in [0.4, 0.5) is 4.39 Å². The summed E-state index contributed by atoms with van der Waals surface area (Å²) in [7, 11) is 0. The summed E-state index contributed by atoms with van der Waals surface area (Å²) in [4.78, 5) is 0. The van der Waals surface area contributed by atoms with Gasteiger partial charge in [0.05, 0.1) is 6.61 Å². The van der Waals surface area contributed by atoms with Gasteiger partial charge in [-0.2, -0.15) is 0 Å². The van der Waals surface area contributed by atoms with E-state index >= 15 is 0 Å². The molecular weight excluding hydrogens is 379 g/mol. The molecule has 0 atom stereocenters. The van der Waals surface area contributed by atoms with E-state index in [1.54, 1.807) is 18.2 Å². The van der Waals surface area contributed by atoms with Gasteiger partial charge in [0.1, 0.15) is 12.4 Å². The smallest absolute Gasteiger partial charge is 0.163 e. The zero-order chi connectivity index (χ0) is 19.8. The van der Waals surface area contributed by atoms with Gasteiger partial charge in [0.2, 0.25) is 0 Å². The normalized spacial score (nSPS) is 14.8. The van der Waals surface area contributed by atoms with E-state index in [9.17, 15) is 4.39 Å². The maximum absolute atomic E-state index is 13.0. The Morgan fingerprint density at radius 2 is 1.82 bits per heavy atom. The maximum atomic E-state index is 13.0. The number of ether oxygens (including phenoxy) is 2. The van der Waals surface area contributed by atoms with Gasteiger partial charge >= 0.3 is 0 Å². The lowest BCUT2D eigenvalue weighted by Crippen LogP contribution is -2.33. The molecule has 0 saturated carbocycles. The van der Waals surface area contributed by atoms with Gasteiger partial charge in [-0.3, -0.25) is 0 Å². The summed E-state index contributed by atoms with van der Waals surface area (Å²) in [6.07, 6.45) is 2.42. The Kier molecular flexibility index (Phi) is 7.95. The Morgan fingerprint density at radius 3 is 2.54 bits per heavy atom. The quantitative estimate of drug-likeness (QED) is 0.641. The van der Waals surface area contributed by atoms with Crippen LogP contribution >= 0.6 is 11.6 Å². The Hall–Kier alpha value is -1.82. The molecule has 4 nitrogen and oxygen atoms in total. The third-order valence-electron chi connectivity index (χ3n) is 4.93. The number of nitrogens with one attached hydrogen (secondary N) is 2. The lowest BCUT2D eigenvalue weighted by molar-refractivity contribution is 0.269. The van der Waals surface area contributed by atoms with E-state index in [-0.39, 0.29) is 5.82 Å². The van der Waals surface area contributed by atoms with Crippen molar-refractivity contribution in [2.45, 2.75) is 32.9 Å². The van der Waals surface area contributed by atoms with Crippen molar-refractivity contribution in [2.75, 3.05) is 26.2 Å². The minimum atomic E-state index is -0.261. The van der Waals surface area contributed by atoms with Crippen LogP contribution in [0.1, 0.15) is 30.9 Å². The van der Waals surface area contributed by atoms with Crippen LogP contribution in [-0.2, 0) is 13.2 Å². The van der Waals surface area contributed by atoms with Crippen molar-refractivity contribution >= 4 is 11.6 Å². The summed E-state index contributed by atoms with van der Waals surface area (Å²) in [5.74, 6) is 1.72. The summed E-state index contributed by atoms with van der Waals surface area (Å²) in [5, 5.41) is 7.56. The standard InChI is InChI=1S/C22H28ClFN2O2/c1-2-27-21-11-18(14-26-13-16-7-9-25-10-8-16)20(23)12-22(21)28-15-17-3-5-19(24)6-4-17/h3-6,11-12,16,25-26H,2,7-10,13-15H2,1H3. The molecule has 1 fully saturated rings. The van der Waals surface area contributed by atoms with Gasteiger partial charge in [-0.05, 0) is 74.6 Å². The fourth-order valence-corrected chi connectivity index (χ4v) is 3.55. The molecule has 1 aliphatic rings. The lowest BCUT2D eigenvalue weighted by atomic mass is 9.98. The summed E-state index contributed by atoms with van der Waals surface area (Å²) in [6, 6.07) is 10.0. The van der Waals surface area contributed by atoms with E-state index in [1.165, 1.54) is 25.0 Å². The average Bonchev–Trinajstić information content (AvgIpc) is 2.71. The first-order valence-electron chi connectivity index (χ1n) is 9.89. The second kappa shape index (κ2) is 10.6. The van der Waals surface area contributed by atoms with E-state index in [2.05, 4.69) is 10.6 Å². The molecule has 6 heteroatoms. The highest BCUT2D eigenvalue weighted by atomic mass is 35.5. The van der Waals surface area contributed by atoms with Gasteiger partial charge in [-0.15, -0.1) is 0 Å². The molecule has 0 amide bonds. The molecule has 2 aromatic rings. The predicted octanol–water partition coefficient (Wildman–Crippen LogP) is 4.55. The topological polar surface area (TPSA) is 42.5 Å². The lowest BCUT2D eigenvalue weighted by Gasteiger charge is -2.23. The van der Waals surface area contributed by atoms with Crippen molar-refractivity contribution in [1.82, 2.24) is 10.6 Å². The Morgan fingerprint density at radius 1 is 1.11 bits per heavy atom. The highest BCUT2D eigenvalue weighted by Gasteiger charge is 2.14. The minimum Gasteiger partial charge on any atom is -0.490 e. The second-order valence-corrected chi connectivity index (χ2v) is 7.47. The molecule has 1 saturated heterocycles. The van der Waals surface area contributed by atoms with Crippen LogP contribution < -0.4 is 20.1 Å². The number of benzene rings is 2. The van der Waals surface area contributed by atoms with Crippen molar-refractivity contribution in [3.8, 4) is 11.5 Å². The third kappa shape index (κ3) is 6.09. The molecule has 2 N–H and O–H groups in total. The van der Waals surface area contributed by atoms with Crippen molar-refractivity contribution in [3.63, 3.8) is 0 Å². The van der Waals surface area contributed by atoms with Crippen LogP contribution in [0.3, 0.4) is 0 Å². The van der Waals surface area contributed by atoms with Crippen LogP contribution in [0, 0.1) is 11.7 Å². The third-order valence-corrected chi connectivity index (χ3v) is 5.28. The molecule has 152 valence electrons. The SMILES string of the molecule is CCOc1cc(CNCC2CCNCC2)c(Cl)cc1OCc1ccc(F)cc1. The van der Waals surface area contributed by atoms with E-state index in [4.69, 9.17) is 21.1 Å². The first-order valence-corrected chi connectivity index (χ1v) is 10.3. The maximum Gasteiger partial charge on any atom is 0.163 e. The fourth-order valence-electron chi connectivity index (χ4n) is 3.33. The van der Waals surface area contributed by atoms with E-state index in [0.717, 1.165) is 30.8 Å². The van der Waals surface area contributed by atoms with Crippen LogP contribution in [-0.4, -0.2) is 26.2 Å². The van der Waals surface area contributed by atoms with Gasteiger partial charge < -0.3 is 20.1 Å². The first-order chi connectivity index (χ1) is 13.7. The Labute approximate surface area is 171 Å². The molecule has 0 unspecified atom stereocenters. The van der Waals surface area contributed by atoms with Gasteiger partial charge in [-0.25, -0.2) is 4.39 Å². The molecule has 0 spiro atoms. The van der Waals surface area contributed by atoms with Crippen LogP contribution in [0.2, 0.25) is 5.02 Å². The van der Waals surface area contributed by atoms with Crippen molar-refractivity contribution < 1.29 is 13.9 Å². The number of hydrogen-bond acceptors (Lipinski definition) is 4. The highest BCUT2D eigenvalue weighted by Crippen LogP contribution is 2.34. The first kappa shape index (κ1) is 20.9. The van der Waals surface area contributed by atoms with E-state index < -0.39 is 0 Å². The largest absolute Gasteiger partial charge is 0.490 e. The zero-order valence-electron chi connectivity index (χ0n) is 16.3. The molecule has 0 aromatic heterocycles. The summed E-state index contributed by atoms with van der Waals surface area (Å²) in [6.45, 7) is 6.68. The molecule has 0 bridgehead atoms. The molecule has 1 aliphatic heterocycles. The molecular formula is C22H28ClFN2O2. The molecule has 3 rings (SSSR count). The monoisotopic (exact) mass is 406 g/mol. The van der Waals surface area contributed by atoms with E-state index in [1.807, 2.05) is 13.0 Å². The zero-order valence-corrected chi connectivity index (χ0v) is 17.0. The Balaban J connectivity index is 1.62. The van der Waals surface area contributed by atoms with Crippen molar-refractivity contribution in [3.05, 3.63) is 58.4 Å². The predicted molar refractivity (Wildman–Crippen MR) is 111 cm³/mol. The van der Waals surface area contributed by atoms with Gasteiger partial charge in [0, 0.05) is 17.6 Å². The van der Waals surface area contributed by atoms with Gasteiger partial charge in [-0.1, -0.05) is 23.7 Å². The van der Waals surface area contributed by atoms with Crippen molar-refractivity contribution in [1.29, 1.82) is 0 Å². The fraction of sp³-hybridized carbons (Fsp3) is 0.455. The minimum absolute atomic E-state index is 0.261. The number of piperidine rings is 1. The van der Waals surface area contributed by atoms with Crippen LogP contribution in [0.25, 0.3) is 0 Å². The van der Waals surface area contributed by atoms with Gasteiger partial charge in [0.15, 0.2) is 11.5 Å². The average molecular weight is 407 g/mol. The molecule has 1 heterocycles. The molecule has 0 radical (unpaired) electrons. The molecule has 28 heavy (non-hydrogen) atoms. The molecule has 0 aliphatic carbocycles. The van der Waals surface area contributed by atoms with Crippen LogP contribution in [0.15, 0.2) is 36.4 Å². The van der Waals surface area contributed by atoms with E-state index in [0.29, 0.717) is 42.2 Å². The van der Waals surface area contributed by atoms with Gasteiger partial charge in [0.25, 0.3) is 0 Å². The Bertz CT molecular complexity index is 749. The number of rotatable bonds is 9. The van der Waals surface area contributed by atoms with Crippen LogP contribution in [0.5, 0.6) is 11.5 Å². The summed E-state index contributed by atoms with van der Waals surface area (Å²) in [5.41, 5.74) is 1.88. The number of halogens is 2. The summed E-state index contributed by atoms with van der Waals surface area (Å²) >= 11 is 6.49. The summed E-state index contributed by atoms with van der Waals surface area (Å²) < 4.78 is 24.7. The number of hydrogen-bond donors (Lipinski definition) is 2. The second-order valence-electron chi connectivity index (χ2n) is 7.06. The van der Waals surface area contributed by atoms with Crippen molar-refractivity contribution in [2.24, 2.45) is 5.92 Å². The molecule has 2 aromatic carbocycles.